The van der Waals surface area contributed by atoms with Gasteiger partial charge < -0.3 is 4.90 Å². The molecule has 0 bridgehead atoms. The number of hydrogen-bond donors (Lipinski definition) is 0. The minimum atomic E-state index is -0.736. The molecule has 0 amide bonds. The van der Waals surface area contributed by atoms with Gasteiger partial charge in [-0.2, -0.15) is 0 Å². The molecule has 2 aromatic rings. The van der Waals surface area contributed by atoms with Crippen LogP contribution in [0.15, 0.2) is 33.9 Å². The van der Waals surface area contributed by atoms with Crippen LogP contribution >= 0.6 is 27.3 Å². The Morgan fingerprint density at radius 1 is 1.28 bits per heavy atom. The number of likely N-dealkylation sites (tertiary alicyclic amines) is 1. The molecule has 4 nitrogen and oxygen atoms in total. The maximum atomic E-state index is 13.7. The lowest BCUT2D eigenvalue weighted by molar-refractivity contribution is 0.196. The largest absolute Gasteiger partial charge is 0.354 e. The Morgan fingerprint density at radius 2 is 2.20 bits per heavy atom. The van der Waals surface area contributed by atoms with E-state index in [2.05, 4.69) is 49.0 Å². The summed E-state index contributed by atoms with van der Waals surface area (Å²) >= 11 is 5.17. The van der Waals surface area contributed by atoms with Gasteiger partial charge in [-0.1, -0.05) is 6.08 Å². The summed E-state index contributed by atoms with van der Waals surface area (Å²) < 4.78 is 15.8. The van der Waals surface area contributed by atoms with Crippen molar-refractivity contribution in [2.75, 3.05) is 19.6 Å². The van der Waals surface area contributed by atoms with E-state index in [1.165, 1.54) is 0 Å². The molecule has 0 spiro atoms. The molecule has 4 rings (SSSR count). The second kappa shape index (κ2) is 7.50. The number of rotatable bonds is 1. The van der Waals surface area contributed by atoms with Crippen molar-refractivity contribution in [1.29, 1.82) is 0 Å². The van der Waals surface area contributed by atoms with Gasteiger partial charge in [-0.3, -0.25) is 4.99 Å². The molecule has 0 aromatic carbocycles. The zero-order chi connectivity index (χ0) is 17.2. The Morgan fingerprint density at radius 3 is 3.08 bits per heavy atom. The highest BCUT2D eigenvalue weighted by molar-refractivity contribution is 9.10. The van der Waals surface area contributed by atoms with Crippen molar-refractivity contribution in [3.8, 4) is 0 Å². The van der Waals surface area contributed by atoms with E-state index in [0.717, 1.165) is 58.0 Å². The van der Waals surface area contributed by atoms with Gasteiger partial charge in [0.2, 0.25) is 0 Å². The van der Waals surface area contributed by atoms with Crippen LogP contribution in [0.2, 0.25) is 0 Å². The number of pyridine rings is 1. The molecule has 1 unspecified atom stereocenters. The lowest BCUT2D eigenvalue weighted by Gasteiger charge is -2.31. The van der Waals surface area contributed by atoms with Crippen LogP contribution in [-0.2, 0) is 0 Å². The monoisotopic (exact) mass is 422 g/mol. The number of halogens is 2. The van der Waals surface area contributed by atoms with Crippen LogP contribution in [-0.4, -0.2) is 46.5 Å². The van der Waals surface area contributed by atoms with Crippen molar-refractivity contribution >= 4 is 43.4 Å². The molecule has 0 N–H and O–H groups in total. The van der Waals surface area contributed by atoms with Gasteiger partial charge in [0, 0.05) is 29.7 Å². The number of alkyl halides is 1. The molecule has 1 saturated heterocycles. The number of thiazole rings is 1. The fraction of sp³-hybridized carbons (Fsp3) is 0.500. The number of allylic oxidation sites excluding steroid dienone is 1. The molecule has 2 aliphatic rings. The predicted octanol–water partition coefficient (Wildman–Crippen LogP) is 4.72. The Balaban J connectivity index is 1.57. The SMILES string of the molecule is F[C@H]1CCCN(C2=N/CCCC(c3nc4ncc(Br)cc4s3)/C=C\2)C1. The fourth-order valence-electron chi connectivity index (χ4n) is 3.37. The molecule has 7 heteroatoms. The quantitative estimate of drug-likeness (QED) is 0.667. The average molecular weight is 423 g/mol. The Kier molecular flexibility index (Phi) is 5.12. The lowest BCUT2D eigenvalue weighted by atomic mass is 10.0. The highest BCUT2D eigenvalue weighted by Crippen LogP contribution is 2.32. The normalized spacial score (nSPS) is 28.2. The molecule has 25 heavy (non-hydrogen) atoms. The highest BCUT2D eigenvalue weighted by Gasteiger charge is 2.22. The van der Waals surface area contributed by atoms with Crippen molar-refractivity contribution in [2.24, 2.45) is 4.99 Å². The van der Waals surface area contributed by atoms with E-state index in [4.69, 9.17) is 4.98 Å². The first-order valence-corrected chi connectivity index (χ1v) is 10.3. The number of nitrogens with zero attached hydrogens (tertiary/aromatic N) is 4. The van der Waals surface area contributed by atoms with E-state index >= 15 is 0 Å². The van der Waals surface area contributed by atoms with Crippen LogP contribution in [0.5, 0.6) is 0 Å². The summed E-state index contributed by atoms with van der Waals surface area (Å²) in [5.74, 6) is 1.20. The van der Waals surface area contributed by atoms with Crippen LogP contribution < -0.4 is 0 Å². The van der Waals surface area contributed by atoms with Crippen LogP contribution in [0, 0.1) is 0 Å². The smallest absolute Gasteiger partial charge is 0.170 e. The van der Waals surface area contributed by atoms with Gasteiger partial charge in [-0.05, 0) is 53.8 Å². The summed E-state index contributed by atoms with van der Waals surface area (Å²) in [5, 5.41) is 1.10. The number of amidine groups is 1. The number of aromatic nitrogens is 2. The maximum absolute atomic E-state index is 13.7. The Labute approximate surface area is 159 Å². The van der Waals surface area contributed by atoms with Crippen LogP contribution in [0.1, 0.15) is 36.6 Å². The number of fused-ring (bicyclic) bond motifs is 1. The second-order valence-electron chi connectivity index (χ2n) is 6.56. The number of hydrogen-bond acceptors (Lipinski definition) is 5. The Bertz CT molecular complexity index is 819. The zero-order valence-electron chi connectivity index (χ0n) is 13.9. The second-order valence-corrected chi connectivity index (χ2v) is 8.54. The first-order chi connectivity index (χ1) is 12.2. The molecule has 2 aliphatic heterocycles. The summed E-state index contributed by atoms with van der Waals surface area (Å²) in [6.07, 6.45) is 8.91. The van der Waals surface area contributed by atoms with E-state index in [1.807, 2.05) is 0 Å². The summed E-state index contributed by atoms with van der Waals surface area (Å²) in [6.45, 7) is 2.15. The molecule has 0 radical (unpaired) electrons. The topological polar surface area (TPSA) is 41.4 Å². The van der Waals surface area contributed by atoms with Crippen molar-refractivity contribution in [3.05, 3.63) is 33.9 Å². The van der Waals surface area contributed by atoms with E-state index in [0.29, 0.717) is 13.0 Å². The van der Waals surface area contributed by atoms with Gasteiger partial charge in [-0.15, -0.1) is 11.3 Å². The molecule has 0 saturated carbocycles. The molecule has 2 aromatic heterocycles. The van der Waals surface area contributed by atoms with Gasteiger partial charge in [0.1, 0.15) is 17.0 Å². The number of aliphatic imine (C=N–C) groups is 1. The Hall–Kier alpha value is -1.34. The minimum absolute atomic E-state index is 0.273. The lowest BCUT2D eigenvalue weighted by Crippen LogP contribution is -2.40. The van der Waals surface area contributed by atoms with Gasteiger partial charge in [0.25, 0.3) is 0 Å². The fourth-order valence-corrected chi connectivity index (χ4v) is 4.94. The zero-order valence-corrected chi connectivity index (χ0v) is 16.3. The first-order valence-electron chi connectivity index (χ1n) is 8.73. The van der Waals surface area contributed by atoms with Gasteiger partial charge in [-0.25, -0.2) is 14.4 Å². The molecule has 4 heterocycles. The van der Waals surface area contributed by atoms with Crippen molar-refractivity contribution < 1.29 is 4.39 Å². The third-order valence-electron chi connectivity index (χ3n) is 4.66. The van der Waals surface area contributed by atoms with Crippen LogP contribution in [0.25, 0.3) is 10.3 Å². The molecule has 1 fully saturated rings. The van der Waals surface area contributed by atoms with E-state index < -0.39 is 6.17 Å². The minimum Gasteiger partial charge on any atom is -0.354 e. The van der Waals surface area contributed by atoms with E-state index in [9.17, 15) is 4.39 Å². The average Bonchev–Trinajstić information content (AvgIpc) is 2.97. The van der Waals surface area contributed by atoms with Crippen molar-refractivity contribution in [2.45, 2.75) is 37.8 Å². The van der Waals surface area contributed by atoms with E-state index in [-0.39, 0.29) is 5.92 Å². The van der Waals surface area contributed by atoms with Crippen LogP contribution in [0.4, 0.5) is 4.39 Å². The summed E-state index contributed by atoms with van der Waals surface area (Å²) in [6, 6.07) is 2.07. The van der Waals surface area contributed by atoms with Gasteiger partial charge in [0.15, 0.2) is 5.65 Å². The molecule has 0 aliphatic carbocycles. The molecular formula is C18H20BrFN4S. The summed E-state index contributed by atoms with van der Waals surface area (Å²) in [5.41, 5.74) is 0.809. The van der Waals surface area contributed by atoms with E-state index in [1.54, 1.807) is 17.5 Å². The van der Waals surface area contributed by atoms with Crippen molar-refractivity contribution in [3.63, 3.8) is 0 Å². The standard InChI is InChI=1S/C18H20BrFN4S/c19-13-9-15-17(22-10-13)23-18(25-15)12-3-1-7-21-16(6-5-12)24-8-2-4-14(20)11-24/h5-6,9-10,12,14H,1-4,7-8,11H2/b6-5-,21-16+/t12?,14-/m0/s1. The highest BCUT2D eigenvalue weighted by atomic mass is 79.9. The molecular weight excluding hydrogens is 403 g/mol. The first kappa shape index (κ1) is 17.1. The third-order valence-corrected chi connectivity index (χ3v) is 6.22. The van der Waals surface area contributed by atoms with Crippen molar-refractivity contribution in [1.82, 2.24) is 14.9 Å². The summed E-state index contributed by atoms with van der Waals surface area (Å²) in [7, 11) is 0. The van der Waals surface area contributed by atoms with Gasteiger partial charge >= 0.3 is 0 Å². The van der Waals surface area contributed by atoms with Crippen LogP contribution in [0.3, 0.4) is 0 Å². The maximum Gasteiger partial charge on any atom is 0.170 e. The molecule has 2 atom stereocenters. The molecule has 132 valence electrons. The summed E-state index contributed by atoms with van der Waals surface area (Å²) in [4.78, 5) is 15.9. The van der Waals surface area contributed by atoms with Gasteiger partial charge in [0.05, 0.1) is 11.2 Å². The number of piperidine rings is 1. The third kappa shape index (κ3) is 3.92. The predicted molar refractivity (Wildman–Crippen MR) is 104 cm³/mol.